The van der Waals surface area contributed by atoms with Gasteiger partial charge in [-0.15, -0.1) is 0 Å². The summed E-state index contributed by atoms with van der Waals surface area (Å²) in [4.78, 5) is 27.2. The van der Waals surface area contributed by atoms with Crippen molar-refractivity contribution in [3.05, 3.63) is 42.0 Å². The second-order valence-electron chi connectivity index (χ2n) is 6.49. The van der Waals surface area contributed by atoms with Crippen LogP contribution in [-0.2, 0) is 9.59 Å². The Kier molecular flexibility index (Phi) is 4.70. The number of aryl methyl sites for hydroxylation is 1. The van der Waals surface area contributed by atoms with Gasteiger partial charge in [-0.05, 0) is 43.7 Å². The quantitative estimate of drug-likeness (QED) is 0.838. The van der Waals surface area contributed by atoms with E-state index in [1.165, 1.54) is 26.0 Å². The zero-order valence-corrected chi connectivity index (χ0v) is 16.0. The number of carbonyl (C=O) groups is 2. The molecule has 1 aliphatic rings. The third kappa shape index (κ3) is 3.16. The lowest BCUT2D eigenvalue weighted by Crippen LogP contribution is -2.59. The van der Waals surface area contributed by atoms with E-state index in [0.29, 0.717) is 28.6 Å². The fourth-order valence-corrected chi connectivity index (χ4v) is 2.98. The number of rotatable bonds is 4. The molecule has 7 heteroatoms. The summed E-state index contributed by atoms with van der Waals surface area (Å²) < 4.78 is 16.3. The molecule has 1 N–H and O–H groups in total. The number of hydrogen-bond acceptors (Lipinski definition) is 5. The SMILES string of the molecule is COc1ccc(NC(=O)C2(C)Oc3ccc(C)cc3N(C)C2=O)cc1OC. The molecular weight excluding hydrogens is 348 g/mol. The maximum atomic E-state index is 12.9. The number of methoxy groups -OCH3 is 2. The number of anilines is 2. The molecule has 1 aliphatic heterocycles. The Bertz CT molecular complexity index is 911. The fourth-order valence-electron chi connectivity index (χ4n) is 2.98. The molecule has 1 unspecified atom stereocenters. The molecule has 142 valence electrons. The zero-order valence-electron chi connectivity index (χ0n) is 16.0. The van der Waals surface area contributed by atoms with Gasteiger partial charge in [-0.3, -0.25) is 9.59 Å². The van der Waals surface area contributed by atoms with Crippen LogP contribution in [-0.4, -0.2) is 38.7 Å². The van der Waals surface area contributed by atoms with Gasteiger partial charge in [0.2, 0.25) is 0 Å². The Morgan fingerprint density at radius 3 is 2.48 bits per heavy atom. The number of carbonyl (C=O) groups excluding carboxylic acids is 2. The van der Waals surface area contributed by atoms with Crippen molar-refractivity contribution in [3.8, 4) is 17.2 Å². The van der Waals surface area contributed by atoms with Crippen LogP contribution in [0.1, 0.15) is 12.5 Å². The first-order chi connectivity index (χ1) is 12.8. The minimum absolute atomic E-state index is 0.446. The largest absolute Gasteiger partial charge is 0.493 e. The molecule has 0 bridgehead atoms. The van der Waals surface area contributed by atoms with Crippen molar-refractivity contribution in [3.63, 3.8) is 0 Å². The number of amides is 2. The number of ether oxygens (including phenoxy) is 3. The smallest absolute Gasteiger partial charge is 0.280 e. The van der Waals surface area contributed by atoms with Crippen LogP contribution >= 0.6 is 0 Å². The molecule has 1 atom stereocenters. The molecule has 27 heavy (non-hydrogen) atoms. The van der Waals surface area contributed by atoms with Crippen LogP contribution in [0.3, 0.4) is 0 Å². The van der Waals surface area contributed by atoms with Crippen LogP contribution in [0.25, 0.3) is 0 Å². The van der Waals surface area contributed by atoms with Gasteiger partial charge in [-0.1, -0.05) is 6.07 Å². The average Bonchev–Trinajstić information content (AvgIpc) is 2.66. The Morgan fingerprint density at radius 2 is 1.81 bits per heavy atom. The molecule has 0 radical (unpaired) electrons. The predicted molar refractivity (Wildman–Crippen MR) is 102 cm³/mol. The third-order valence-electron chi connectivity index (χ3n) is 4.58. The van der Waals surface area contributed by atoms with E-state index in [1.807, 2.05) is 19.1 Å². The van der Waals surface area contributed by atoms with Crippen molar-refractivity contribution in [2.45, 2.75) is 19.4 Å². The molecule has 3 rings (SSSR count). The molecule has 0 fully saturated rings. The normalized spacial score (nSPS) is 18.4. The van der Waals surface area contributed by atoms with Gasteiger partial charge in [-0.2, -0.15) is 0 Å². The first-order valence-electron chi connectivity index (χ1n) is 8.41. The fraction of sp³-hybridized carbons (Fsp3) is 0.300. The minimum atomic E-state index is -1.69. The van der Waals surface area contributed by atoms with Gasteiger partial charge in [0, 0.05) is 18.8 Å². The number of hydrogen-bond donors (Lipinski definition) is 1. The van der Waals surface area contributed by atoms with E-state index >= 15 is 0 Å². The number of nitrogens with one attached hydrogen (secondary N) is 1. The van der Waals surface area contributed by atoms with Crippen molar-refractivity contribution in [1.82, 2.24) is 0 Å². The molecule has 0 aliphatic carbocycles. The lowest BCUT2D eigenvalue weighted by atomic mass is 9.99. The Balaban J connectivity index is 1.90. The molecular formula is C20H22N2O5. The molecule has 0 spiro atoms. The van der Waals surface area contributed by atoms with Crippen LogP contribution in [0.2, 0.25) is 0 Å². The monoisotopic (exact) mass is 370 g/mol. The molecule has 0 saturated carbocycles. The van der Waals surface area contributed by atoms with Crippen LogP contribution in [0.5, 0.6) is 17.2 Å². The topological polar surface area (TPSA) is 77.1 Å². The van der Waals surface area contributed by atoms with E-state index in [1.54, 1.807) is 31.3 Å². The molecule has 2 aromatic carbocycles. The van der Waals surface area contributed by atoms with E-state index in [2.05, 4.69) is 5.32 Å². The zero-order chi connectivity index (χ0) is 19.8. The number of fused-ring (bicyclic) bond motifs is 1. The van der Waals surface area contributed by atoms with Gasteiger partial charge < -0.3 is 24.4 Å². The molecule has 2 amide bonds. The lowest BCUT2D eigenvalue weighted by Gasteiger charge is -2.38. The van der Waals surface area contributed by atoms with E-state index in [9.17, 15) is 9.59 Å². The highest BCUT2D eigenvalue weighted by molar-refractivity contribution is 6.19. The maximum Gasteiger partial charge on any atom is 0.280 e. The summed E-state index contributed by atoms with van der Waals surface area (Å²) in [5.41, 5.74) is 0.406. The van der Waals surface area contributed by atoms with Gasteiger partial charge in [-0.25, -0.2) is 0 Å². The van der Waals surface area contributed by atoms with Gasteiger partial charge in [0.15, 0.2) is 11.5 Å². The molecule has 2 aromatic rings. The van der Waals surface area contributed by atoms with Crippen molar-refractivity contribution in [2.75, 3.05) is 31.5 Å². The summed E-state index contributed by atoms with van der Waals surface area (Å²) >= 11 is 0. The molecule has 1 heterocycles. The van der Waals surface area contributed by atoms with Gasteiger partial charge >= 0.3 is 0 Å². The summed E-state index contributed by atoms with van der Waals surface area (Å²) in [6, 6.07) is 10.4. The summed E-state index contributed by atoms with van der Waals surface area (Å²) in [6.45, 7) is 3.39. The second kappa shape index (κ2) is 6.83. The Morgan fingerprint density at radius 1 is 1.11 bits per heavy atom. The summed E-state index contributed by atoms with van der Waals surface area (Å²) in [5.74, 6) is 0.467. The second-order valence-corrected chi connectivity index (χ2v) is 6.49. The third-order valence-corrected chi connectivity index (χ3v) is 4.58. The van der Waals surface area contributed by atoms with Crippen molar-refractivity contribution >= 4 is 23.2 Å². The van der Waals surface area contributed by atoms with E-state index in [0.717, 1.165) is 5.56 Å². The van der Waals surface area contributed by atoms with Gasteiger partial charge in [0.1, 0.15) is 5.75 Å². The highest BCUT2D eigenvalue weighted by Crippen LogP contribution is 2.38. The summed E-state index contributed by atoms with van der Waals surface area (Å²) in [6.07, 6.45) is 0. The van der Waals surface area contributed by atoms with E-state index in [4.69, 9.17) is 14.2 Å². The Labute approximate surface area is 157 Å². The summed E-state index contributed by atoms with van der Waals surface area (Å²) in [7, 11) is 4.66. The van der Waals surface area contributed by atoms with Crippen molar-refractivity contribution in [1.29, 1.82) is 0 Å². The minimum Gasteiger partial charge on any atom is -0.493 e. The van der Waals surface area contributed by atoms with Crippen LogP contribution in [0, 0.1) is 6.92 Å². The molecule has 7 nitrogen and oxygen atoms in total. The van der Waals surface area contributed by atoms with Crippen LogP contribution < -0.4 is 24.4 Å². The number of benzene rings is 2. The van der Waals surface area contributed by atoms with Gasteiger partial charge in [0.05, 0.1) is 19.9 Å². The first-order valence-corrected chi connectivity index (χ1v) is 8.41. The number of likely N-dealkylation sites (N-methyl/N-ethyl adjacent to an activating group) is 1. The lowest BCUT2D eigenvalue weighted by molar-refractivity contribution is -0.144. The van der Waals surface area contributed by atoms with Crippen LogP contribution in [0.4, 0.5) is 11.4 Å². The Hall–Kier alpha value is -3.22. The van der Waals surface area contributed by atoms with Crippen LogP contribution in [0.15, 0.2) is 36.4 Å². The van der Waals surface area contributed by atoms with E-state index in [-0.39, 0.29) is 0 Å². The van der Waals surface area contributed by atoms with Gasteiger partial charge in [0.25, 0.3) is 17.4 Å². The molecule has 0 saturated heterocycles. The summed E-state index contributed by atoms with van der Waals surface area (Å²) in [5, 5.41) is 2.72. The highest BCUT2D eigenvalue weighted by Gasteiger charge is 2.49. The van der Waals surface area contributed by atoms with E-state index < -0.39 is 17.4 Å². The van der Waals surface area contributed by atoms with Crippen molar-refractivity contribution in [2.24, 2.45) is 0 Å². The maximum absolute atomic E-state index is 12.9. The first kappa shape index (κ1) is 18.6. The predicted octanol–water partition coefficient (Wildman–Crippen LogP) is 2.76. The van der Waals surface area contributed by atoms with Crippen molar-refractivity contribution < 1.29 is 23.8 Å². The highest BCUT2D eigenvalue weighted by atomic mass is 16.5. The number of nitrogens with zero attached hydrogens (tertiary/aromatic N) is 1. The average molecular weight is 370 g/mol. The molecule has 0 aromatic heterocycles. The standard InChI is InChI=1S/C20H22N2O5/c1-12-6-8-15-14(10-12)22(3)19(24)20(2,27-15)18(23)21-13-7-9-16(25-4)17(11-13)26-5/h6-11H,1-5H3,(H,21,23).